The van der Waals surface area contributed by atoms with E-state index in [4.69, 9.17) is 9.15 Å². The standard InChI is InChI=1S/C28H30N2O4/c1-29(2)20-10-14-23-25(17-20)34-26-18-21(30(3)4)11-15-24(26)28(23)19-8-12-22(13-9-19)33-16-6-5-7-27(31)32/h8-15,17-18H,5-7,16H2,1-4H3. The first kappa shape index (κ1) is 23.4. The van der Waals surface area contributed by atoms with Gasteiger partial charge in [-0.2, -0.15) is 0 Å². The zero-order valence-electron chi connectivity index (χ0n) is 20.1. The van der Waals surface area contributed by atoms with Crippen LogP contribution in [0.25, 0.3) is 33.4 Å². The van der Waals surface area contributed by atoms with E-state index in [9.17, 15) is 9.90 Å². The fraction of sp³-hybridized carbons (Fsp3) is 0.286. The van der Waals surface area contributed by atoms with E-state index in [1.165, 1.54) is 0 Å². The zero-order valence-corrected chi connectivity index (χ0v) is 20.1. The van der Waals surface area contributed by atoms with Crippen molar-refractivity contribution in [3.63, 3.8) is 0 Å². The minimum absolute atomic E-state index is 0.0621. The lowest BCUT2D eigenvalue weighted by atomic mass is 9.93. The minimum atomic E-state index is -1.02. The van der Waals surface area contributed by atoms with Crippen molar-refractivity contribution < 1.29 is 19.1 Å². The average Bonchev–Trinajstić information content (AvgIpc) is 2.81. The van der Waals surface area contributed by atoms with Crippen molar-refractivity contribution in [3.8, 4) is 28.2 Å². The van der Waals surface area contributed by atoms with Gasteiger partial charge in [-0.05, 0) is 55.2 Å². The van der Waals surface area contributed by atoms with Crippen molar-refractivity contribution in [2.24, 2.45) is 0 Å². The maximum absolute atomic E-state index is 10.5. The molecular weight excluding hydrogens is 428 g/mol. The summed E-state index contributed by atoms with van der Waals surface area (Å²) >= 11 is 0. The first-order chi connectivity index (χ1) is 16.3. The summed E-state index contributed by atoms with van der Waals surface area (Å²) in [5, 5.41) is 12.7. The van der Waals surface area contributed by atoms with E-state index in [0.29, 0.717) is 19.4 Å². The first-order valence-electron chi connectivity index (χ1n) is 11.4. The van der Waals surface area contributed by atoms with Crippen molar-refractivity contribution in [1.82, 2.24) is 4.58 Å². The van der Waals surface area contributed by atoms with E-state index in [2.05, 4.69) is 58.0 Å². The molecule has 6 heteroatoms. The maximum Gasteiger partial charge on any atom is 0.203 e. The minimum Gasteiger partial charge on any atom is -0.550 e. The number of rotatable bonds is 8. The molecule has 34 heavy (non-hydrogen) atoms. The van der Waals surface area contributed by atoms with Gasteiger partial charge in [0.2, 0.25) is 5.36 Å². The average molecular weight is 459 g/mol. The third kappa shape index (κ3) is 5.06. The van der Waals surface area contributed by atoms with Gasteiger partial charge in [0.25, 0.3) is 0 Å². The number of hydrogen-bond donors (Lipinski definition) is 0. The van der Waals surface area contributed by atoms with Crippen molar-refractivity contribution in [1.29, 1.82) is 0 Å². The number of benzene rings is 3. The third-order valence-electron chi connectivity index (χ3n) is 5.91. The molecule has 0 fully saturated rings. The monoisotopic (exact) mass is 458 g/mol. The van der Waals surface area contributed by atoms with Crippen molar-refractivity contribution in [2.75, 3.05) is 39.7 Å². The highest BCUT2D eigenvalue weighted by Gasteiger charge is 2.18. The molecule has 0 spiro atoms. The third-order valence-corrected chi connectivity index (χ3v) is 5.91. The van der Waals surface area contributed by atoms with Crippen LogP contribution in [0.5, 0.6) is 5.75 Å². The molecule has 0 atom stereocenters. The van der Waals surface area contributed by atoms with Crippen LogP contribution in [-0.2, 0) is 4.79 Å². The molecule has 0 radical (unpaired) electrons. The van der Waals surface area contributed by atoms with Crippen LogP contribution in [0.15, 0.2) is 65.1 Å². The quantitative estimate of drug-likeness (QED) is 0.229. The van der Waals surface area contributed by atoms with Crippen LogP contribution in [0.3, 0.4) is 0 Å². The molecular formula is C28H30N2O4. The number of carbonyl (C=O) groups is 1. The number of aliphatic carboxylic acids is 1. The van der Waals surface area contributed by atoms with Crippen LogP contribution in [0.1, 0.15) is 19.3 Å². The molecule has 1 aliphatic heterocycles. The number of carbonyl (C=O) groups excluding carboxylic acids is 1. The van der Waals surface area contributed by atoms with Crippen LogP contribution in [0, 0.1) is 0 Å². The molecule has 2 aliphatic rings. The largest absolute Gasteiger partial charge is 0.550 e. The van der Waals surface area contributed by atoms with E-state index in [-0.39, 0.29) is 6.42 Å². The lowest BCUT2D eigenvalue weighted by molar-refractivity contribution is -0.305. The van der Waals surface area contributed by atoms with Crippen molar-refractivity contribution >= 4 is 22.6 Å². The number of anilines is 1. The van der Waals surface area contributed by atoms with E-state index < -0.39 is 5.97 Å². The molecule has 176 valence electrons. The predicted octanol–water partition coefficient (Wildman–Crippen LogP) is 3.60. The SMILES string of the molecule is CN(C)c1ccc2c(-c3ccc(OCCCCC(=O)[O-])cc3)c3ccc(=[N+](C)C)cc-3oc2c1. The lowest BCUT2D eigenvalue weighted by Gasteiger charge is -2.18. The van der Waals surface area contributed by atoms with Gasteiger partial charge in [0.05, 0.1) is 12.7 Å². The molecule has 0 amide bonds. The Morgan fingerprint density at radius 1 is 1.00 bits per heavy atom. The molecule has 0 aromatic heterocycles. The Morgan fingerprint density at radius 2 is 1.76 bits per heavy atom. The number of nitrogens with zero attached hydrogens (tertiary/aromatic N) is 2. The summed E-state index contributed by atoms with van der Waals surface area (Å²) in [6, 6.07) is 20.6. The molecule has 4 rings (SSSR count). The summed E-state index contributed by atoms with van der Waals surface area (Å²) in [5.74, 6) is 0.572. The maximum atomic E-state index is 10.5. The van der Waals surface area contributed by atoms with E-state index in [1.807, 2.05) is 40.3 Å². The summed E-state index contributed by atoms with van der Waals surface area (Å²) in [7, 11) is 8.07. The molecule has 2 aromatic rings. The molecule has 6 nitrogen and oxygen atoms in total. The van der Waals surface area contributed by atoms with E-state index in [1.54, 1.807) is 0 Å². The summed E-state index contributed by atoms with van der Waals surface area (Å²) in [5.41, 5.74) is 5.15. The van der Waals surface area contributed by atoms with Crippen LogP contribution in [0.4, 0.5) is 5.69 Å². The van der Waals surface area contributed by atoms with Gasteiger partial charge in [-0.3, -0.25) is 0 Å². The van der Waals surface area contributed by atoms with Gasteiger partial charge in [0.1, 0.15) is 31.2 Å². The number of hydrogen-bond acceptors (Lipinski definition) is 5. The normalized spacial score (nSPS) is 11.1. The second-order valence-corrected chi connectivity index (χ2v) is 8.83. The Bertz CT molecular complexity index is 1350. The van der Waals surface area contributed by atoms with Gasteiger partial charge in [0, 0.05) is 54.4 Å². The fourth-order valence-corrected chi connectivity index (χ4v) is 4.01. The molecule has 0 saturated heterocycles. The van der Waals surface area contributed by atoms with Crippen LogP contribution in [-0.4, -0.2) is 40.8 Å². The fourth-order valence-electron chi connectivity index (χ4n) is 4.01. The van der Waals surface area contributed by atoms with Gasteiger partial charge in [-0.15, -0.1) is 0 Å². The lowest BCUT2D eigenvalue weighted by Crippen LogP contribution is -2.21. The van der Waals surface area contributed by atoms with Crippen LogP contribution in [0.2, 0.25) is 0 Å². The summed E-state index contributed by atoms with van der Waals surface area (Å²) < 4.78 is 14.2. The Kier molecular flexibility index (Phi) is 6.87. The molecule has 0 unspecified atom stereocenters. The summed E-state index contributed by atoms with van der Waals surface area (Å²) in [6.07, 6.45) is 1.29. The number of unbranched alkanes of at least 4 members (excludes halogenated alkanes) is 1. The Balaban J connectivity index is 1.74. The second-order valence-electron chi connectivity index (χ2n) is 8.83. The van der Waals surface area contributed by atoms with Crippen molar-refractivity contribution in [3.05, 3.63) is 66.0 Å². The zero-order chi connectivity index (χ0) is 24.2. The molecule has 2 aromatic carbocycles. The van der Waals surface area contributed by atoms with Gasteiger partial charge in [0.15, 0.2) is 0 Å². The molecule has 1 aliphatic carbocycles. The number of carboxylic acids is 1. The summed E-state index contributed by atoms with van der Waals surface area (Å²) in [6.45, 7) is 0.476. The molecule has 0 N–H and O–H groups in total. The second kappa shape index (κ2) is 10.00. The smallest absolute Gasteiger partial charge is 0.203 e. The van der Waals surface area contributed by atoms with Crippen molar-refractivity contribution in [2.45, 2.75) is 19.3 Å². The van der Waals surface area contributed by atoms with Gasteiger partial charge >= 0.3 is 0 Å². The van der Waals surface area contributed by atoms with Gasteiger partial charge in [-0.25, -0.2) is 4.58 Å². The predicted molar refractivity (Wildman–Crippen MR) is 134 cm³/mol. The highest BCUT2D eigenvalue weighted by molar-refractivity contribution is 6.02. The first-order valence-corrected chi connectivity index (χ1v) is 11.4. The molecule has 1 heterocycles. The summed E-state index contributed by atoms with van der Waals surface area (Å²) in [4.78, 5) is 12.6. The molecule has 0 saturated carbocycles. The Hall–Kier alpha value is -3.80. The highest BCUT2D eigenvalue weighted by Crippen LogP contribution is 2.41. The highest BCUT2D eigenvalue weighted by atomic mass is 16.5. The number of carboxylic acid groups (broad SMARTS) is 1. The Morgan fingerprint density at radius 3 is 2.44 bits per heavy atom. The Labute approximate surface area is 199 Å². The van der Waals surface area contributed by atoms with Gasteiger partial charge in [-0.1, -0.05) is 12.1 Å². The van der Waals surface area contributed by atoms with Crippen LogP contribution >= 0.6 is 0 Å². The molecule has 0 bridgehead atoms. The van der Waals surface area contributed by atoms with Gasteiger partial charge < -0.3 is 24.0 Å². The number of fused-ring (bicyclic) bond motifs is 2. The van der Waals surface area contributed by atoms with E-state index >= 15 is 0 Å². The van der Waals surface area contributed by atoms with E-state index in [0.717, 1.165) is 50.2 Å². The van der Waals surface area contributed by atoms with Crippen LogP contribution < -0.4 is 24.7 Å². The number of ether oxygens (including phenoxy) is 1. The topological polar surface area (TPSA) is 68.8 Å².